The molecule has 5 aromatic carbocycles. The Labute approximate surface area is 274 Å². The van der Waals surface area contributed by atoms with E-state index in [0.717, 1.165) is 5.56 Å². The number of fused-ring (bicyclic) bond motifs is 10. The summed E-state index contributed by atoms with van der Waals surface area (Å²) in [7, 11) is 0. The lowest BCUT2D eigenvalue weighted by molar-refractivity contribution is 0.591. The highest BCUT2D eigenvalue weighted by atomic mass is 15.0. The van der Waals surface area contributed by atoms with E-state index in [1.165, 1.54) is 82.5 Å². The van der Waals surface area contributed by atoms with Crippen LogP contribution in [0.3, 0.4) is 0 Å². The third-order valence-corrected chi connectivity index (χ3v) is 10.6. The summed E-state index contributed by atoms with van der Waals surface area (Å²) in [6, 6.07) is 32.6. The second-order valence-electron chi connectivity index (χ2n) is 15.4. The Morgan fingerprint density at radius 2 is 1.04 bits per heavy atom. The predicted molar refractivity (Wildman–Crippen MR) is 196 cm³/mol. The van der Waals surface area contributed by atoms with Crippen LogP contribution in [-0.2, 0) is 10.8 Å². The van der Waals surface area contributed by atoms with E-state index in [-0.39, 0.29) is 17.5 Å². The number of benzene rings is 5. The van der Waals surface area contributed by atoms with Crippen LogP contribution in [-0.4, -0.2) is 30.8 Å². The van der Waals surface area contributed by atoms with E-state index in [1.807, 2.05) is 0 Å². The molecule has 0 amide bonds. The maximum Gasteiger partial charge on any atom is 0.252 e. The van der Waals surface area contributed by atoms with Crippen molar-refractivity contribution in [3.63, 3.8) is 0 Å². The van der Waals surface area contributed by atoms with Gasteiger partial charge in [-0.1, -0.05) is 90.1 Å². The molecule has 0 saturated heterocycles. The highest BCUT2D eigenvalue weighted by Gasteiger charge is 2.41. The van der Waals surface area contributed by atoms with Crippen LogP contribution in [0.1, 0.15) is 52.7 Å². The van der Waals surface area contributed by atoms with Crippen LogP contribution in [0.4, 0.5) is 0 Å². The SMILES string of the molecule is CC(C)(C)c1ccc2c(c1)c1cccc3c1n2-c1cc(-c2ncncn2)cc2c1B3c1cccc3c4cc(C(C)(C)C)ccc4n-2c13. The van der Waals surface area contributed by atoms with Crippen LogP contribution in [0.15, 0.2) is 97.6 Å². The van der Waals surface area contributed by atoms with Crippen LogP contribution < -0.4 is 16.4 Å². The Balaban J connectivity index is 1.41. The lowest BCUT2D eigenvalue weighted by Crippen LogP contribution is -2.59. The molecular formula is C41H34BN5. The van der Waals surface area contributed by atoms with Gasteiger partial charge in [-0.3, -0.25) is 0 Å². The Morgan fingerprint density at radius 3 is 1.51 bits per heavy atom. The van der Waals surface area contributed by atoms with Gasteiger partial charge < -0.3 is 9.13 Å². The highest BCUT2D eigenvalue weighted by molar-refractivity contribution is 7.00. The second kappa shape index (κ2) is 8.77. The molecule has 0 fully saturated rings. The Hall–Kier alpha value is -5.23. The molecule has 0 bridgehead atoms. The molecule has 8 aromatic rings. The van der Waals surface area contributed by atoms with Crippen molar-refractivity contribution in [2.75, 3.05) is 0 Å². The van der Waals surface area contributed by atoms with Gasteiger partial charge >= 0.3 is 0 Å². The fourth-order valence-corrected chi connectivity index (χ4v) is 8.37. The van der Waals surface area contributed by atoms with E-state index in [2.05, 4.69) is 151 Å². The van der Waals surface area contributed by atoms with Crippen molar-refractivity contribution in [2.24, 2.45) is 0 Å². The number of aromatic nitrogens is 5. The topological polar surface area (TPSA) is 48.5 Å². The summed E-state index contributed by atoms with van der Waals surface area (Å²) in [5, 5.41) is 5.19. The molecule has 2 aliphatic heterocycles. The largest absolute Gasteiger partial charge is 0.310 e. The first-order valence-electron chi connectivity index (χ1n) is 16.6. The molecule has 0 spiro atoms. The van der Waals surface area contributed by atoms with Crippen LogP contribution in [0, 0.1) is 0 Å². The van der Waals surface area contributed by atoms with Crippen LogP contribution >= 0.6 is 0 Å². The second-order valence-corrected chi connectivity index (χ2v) is 15.4. The molecule has 2 aliphatic rings. The van der Waals surface area contributed by atoms with E-state index in [1.54, 1.807) is 12.7 Å². The van der Waals surface area contributed by atoms with Crippen molar-refractivity contribution in [1.82, 2.24) is 24.1 Å². The summed E-state index contributed by atoms with van der Waals surface area (Å²) < 4.78 is 5.03. The maximum absolute atomic E-state index is 4.63. The normalized spacial score (nSPS) is 13.7. The average Bonchev–Trinajstić information content (AvgIpc) is 3.58. The molecule has 0 saturated carbocycles. The predicted octanol–water partition coefficient (Wildman–Crippen LogP) is 7.47. The van der Waals surface area contributed by atoms with Gasteiger partial charge in [-0.25, -0.2) is 15.0 Å². The smallest absolute Gasteiger partial charge is 0.252 e. The molecule has 5 nitrogen and oxygen atoms in total. The molecule has 3 aromatic heterocycles. The van der Waals surface area contributed by atoms with Crippen LogP contribution in [0.2, 0.25) is 0 Å². The minimum atomic E-state index is 0.0515. The first kappa shape index (κ1) is 26.9. The van der Waals surface area contributed by atoms with Gasteiger partial charge in [-0.2, -0.15) is 0 Å². The van der Waals surface area contributed by atoms with Gasteiger partial charge in [0, 0.05) is 49.5 Å². The summed E-state index contributed by atoms with van der Waals surface area (Å²) in [6.45, 7) is 13.9. The molecule has 0 N–H and O–H groups in total. The van der Waals surface area contributed by atoms with Gasteiger partial charge in [0.1, 0.15) is 12.7 Å². The molecule has 0 aliphatic carbocycles. The fraction of sp³-hybridized carbons (Fsp3) is 0.195. The zero-order chi connectivity index (χ0) is 32.0. The summed E-state index contributed by atoms with van der Waals surface area (Å²) in [4.78, 5) is 13.4. The molecule has 6 heteroatoms. The Bertz CT molecular complexity index is 2490. The standard InChI is InChI=1S/C41H34BN5/c1-40(2,3)24-13-15-32-28(19-24)26-9-7-11-30-37(26)46(32)34-17-23(39-44-21-43-22-45-39)18-35-36(34)42(30)31-12-8-10-27-29-20-25(41(4,5)6)14-16-33(29)47(35)38(27)31/h7-22H,1-6H3. The number of hydrogen-bond donors (Lipinski definition) is 0. The van der Waals surface area contributed by atoms with E-state index in [0.29, 0.717) is 5.82 Å². The fourth-order valence-electron chi connectivity index (χ4n) is 8.37. The number of para-hydroxylation sites is 2. The van der Waals surface area contributed by atoms with Crippen LogP contribution in [0.25, 0.3) is 66.4 Å². The molecule has 5 heterocycles. The summed E-state index contributed by atoms with van der Waals surface area (Å²) in [5.74, 6) is 0.679. The van der Waals surface area contributed by atoms with Crippen LogP contribution in [0.5, 0.6) is 0 Å². The summed E-state index contributed by atoms with van der Waals surface area (Å²) >= 11 is 0. The summed E-state index contributed by atoms with van der Waals surface area (Å²) in [5.41, 5.74) is 15.3. The third-order valence-electron chi connectivity index (χ3n) is 10.6. The Kier molecular flexibility index (Phi) is 5.03. The monoisotopic (exact) mass is 607 g/mol. The average molecular weight is 608 g/mol. The van der Waals surface area contributed by atoms with Crippen molar-refractivity contribution in [1.29, 1.82) is 0 Å². The molecule has 10 rings (SSSR count). The quantitative estimate of drug-likeness (QED) is 0.182. The van der Waals surface area contributed by atoms with E-state index in [9.17, 15) is 0 Å². The van der Waals surface area contributed by atoms with E-state index in [4.69, 9.17) is 0 Å². The zero-order valence-corrected chi connectivity index (χ0v) is 27.6. The number of nitrogens with zero attached hydrogens (tertiary/aromatic N) is 5. The lowest BCUT2D eigenvalue weighted by atomic mass is 9.34. The maximum atomic E-state index is 4.63. The number of hydrogen-bond acceptors (Lipinski definition) is 3. The van der Waals surface area contributed by atoms with E-state index < -0.39 is 0 Å². The zero-order valence-electron chi connectivity index (χ0n) is 27.6. The third kappa shape index (κ3) is 3.48. The molecule has 47 heavy (non-hydrogen) atoms. The van der Waals surface area contributed by atoms with Crippen molar-refractivity contribution in [3.05, 3.63) is 109 Å². The van der Waals surface area contributed by atoms with Gasteiger partial charge in [0.2, 0.25) is 0 Å². The molecule has 0 atom stereocenters. The minimum absolute atomic E-state index is 0.0515. The van der Waals surface area contributed by atoms with Gasteiger partial charge in [-0.05, 0) is 74.7 Å². The van der Waals surface area contributed by atoms with Gasteiger partial charge in [-0.15, -0.1) is 0 Å². The van der Waals surface area contributed by atoms with Gasteiger partial charge in [0.15, 0.2) is 5.82 Å². The van der Waals surface area contributed by atoms with Crippen molar-refractivity contribution in [3.8, 4) is 22.8 Å². The number of rotatable bonds is 1. The Morgan fingerprint density at radius 1 is 0.553 bits per heavy atom. The molecule has 0 radical (unpaired) electrons. The van der Waals surface area contributed by atoms with Gasteiger partial charge in [0.25, 0.3) is 6.71 Å². The van der Waals surface area contributed by atoms with Gasteiger partial charge in [0.05, 0.1) is 11.0 Å². The highest BCUT2D eigenvalue weighted by Crippen LogP contribution is 2.41. The van der Waals surface area contributed by atoms with Crippen molar-refractivity contribution < 1.29 is 0 Å². The van der Waals surface area contributed by atoms with E-state index >= 15 is 0 Å². The summed E-state index contributed by atoms with van der Waals surface area (Å²) in [6.07, 6.45) is 3.19. The first-order chi connectivity index (χ1) is 22.6. The molecular weight excluding hydrogens is 573 g/mol. The van der Waals surface area contributed by atoms with Crippen molar-refractivity contribution in [2.45, 2.75) is 52.4 Å². The first-order valence-corrected chi connectivity index (χ1v) is 16.6. The molecule has 0 unspecified atom stereocenters. The minimum Gasteiger partial charge on any atom is -0.310 e. The van der Waals surface area contributed by atoms with Crippen molar-refractivity contribution >= 4 is 66.7 Å². The molecule has 226 valence electrons. The lowest BCUT2D eigenvalue weighted by Gasteiger charge is -2.34.